The number of thioether (sulfide) groups is 1. The number of hydrogen-bond donors (Lipinski definition) is 1. The molecule has 0 aliphatic rings. The van der Waals surface area contributed by atoms with Gasteiger partial charge in [-0.25, -0.2) is 0 Å². The molecule has 5 nitrogen and oxygen atoms in total. The number of hydrogen-bond acceptors (Lipinski definition) is 5. The summed E-state index contributed by atoms with van der Waals surface area (Å²) in [4.78, 5) is 20.6. The quantitative estimate of drug-likeness (QED) is 0.374. The third-order valence-electron chi connectivity index (χ3n) is 1.82. The van der Waals surface area contributed by atoms with Gasteiger partial charge in [-0.05, 0) is 6.07 Å². The van der Waals surface area contributed by atoms with Gasteiger partial charge in [0.2, 0.25) is 0 Å². The van der Waals surface area contributed by atoms with E-state index in [2.05, 4.69) is 11.8 Å². The summed E-state index contributed by atoms with van der Waals surface area (Å²) in [7, 11) is 0. The zero-order valence-corrected chi connectivity index (χ0v) is 9.91. The summed E-state index contributed by atoms with van der Waals surface area (Å²) in [6.07, 6.45) is 0. The van der Waals surface area contributed by atoms with E-state index in [1.165, 1.54) is 25.1 Å². The summed E-state index contributed by atoms with van der Waals surface area (Å²) in [5, 5.41) is 10.5. The molecule has 2 N–H and O–H groups in total. The number of nitro groups is 1. The molecule has 0 aliphatic heterocycles. The molecule has 0 spiro atoms. The Kier molecular flexibility index (Phi) is 4.55. The SMILES string of the molecule is CC(=O)SCC#Cc1ccc([N+](=O)[O-])cc1N. The number of rotatable bonds is 2. The molecule has 88 valence electrons. The summed E-state index contributed by atoms with van der Waals surface area (Å²) in [5.41, 5.74) is 6.35. The maximum Gasteiger partial charge on any atom is 0.271 e. The molecule has 0 aromatic heterocycles. The maximum atomic E-state index is 10.6. The van der Waals surface area contributed by atoms with Crippen LogP contribution in [-0.2, 0) is 4.79 Å². The standard InChI is InChI=1S/C11H10N2O3S/c1-8(14)17-6-2-3-9-4-5-10(13(15)16)7-11(9)12/h4-5,7H,6,12H2,1H3. The summed E-state index contributed by atoms with van der Waals surface area (Å²) in [6, 6.07) is 4.11. The predicted octanol–water partition coefficient (Wildman–Crippen LogP) is 1.81. The third kappa shape index (κ3) is 4.17. The highest BCUT2D eigenvalue weighted by Crippen LogP contribution is 2.18. The van der Waals surface area contributed by atoms with Crippen LogP contribution in [0.3, 0.4) is 0 Å². The van der Waals surface area contributed by atoms with Crippen molar-refractivity contribution in [1.82, 2.24) is 0 Å². The van der Waals surface area contributed by atoms with E-state index in [1.54, 1.807) is 0 Å². The maximum absolute atomic E-state index is 10.6. The van der Waals surface area contributed by atoms with Crippen LogP contribution in [0.15, 0.2) is 18.2 Å². The van der Waals surface area contributed by atoms with E-state index in [1.807, 2.05) is 0 Å². The lowest BCUT2D eigenvalue weighted by Crippen LogP contribution is -1.94. The first-order chi connectivity index (χ1) is 8.00. The molecule has 0 saturated heterocycles. The van der Waals surface area contributed by atoms with Gasteiger partial charge in [-0.2, -0.15) is 0 Å². The van der Waals surface area contributed by atoms with Crippen molar-refractivity contribution in [3.63, 3.8) is 0 Å². The first-order valence-corrected chi connectivity index (χ1v) is 5.65. The minimum absolute atomic E-state index is 0.00373. The number of nitrogens with zero attached hydrogens (tertiary/aromatic N) is 1. The highest BCUT2D eigenvalue weighted by Gasteiger charge is 2.06. The summed E-state index contributed by atoms with van der Waals surface area (Å²) in [5.74, 6) is 5.91. The normalized spacial score (nSPS) is 9.24. The Labute approximate surface area is 103 Å². The van der Waals surface area contributed by atoms with Crippen molar-refractivity contribution in [2.45, 2.75) is 6.92 Å². The molecule has 0 saturated carbocycles. The van der Waals surface area contributed by atoms with E-state index in [0.29, 0.717) is 11.3 Å². The molecular weight excluding hydrogens is 240 g/mol. The second-order valence-corrected chi connectivity index (χ2v) is 4.26. The Balaban J connectivity index is 2.79. The molecule has 1 aromatic carbocycles. The van der Waals surface area contributed by atoms with Crippen molar-refractivity contribution in [2.75, 3.05) is 11.5 Å². The van der Waals surface area contributed by atoms with Gasteiger partial charge in [0, 0.05) is 24.6 Å². The number of nitrogen functional groups attached to an aromatic ring is 1. The van der Waals surface area contributed by atoms with E-state index >= 15 is 0 Å². The topological polar surface area (TPSA) is 86.2 Å². The third-order valence-corrected chi connectivity index (χ3v) is 2.51. The first-order valence-electron chi connectivity index (χ1n) is 4.67. The zero-order chi connectivity index (χ0) is 12.8. The summed E-state index contributed by atoms with van der Waals surface area (Å²) >= 11 is 1.10. The van der Waals surface area contributed by atoms with Gasteiger partial charge in [-0.3, -0.25) is 14.9 Å². The molecule has 6 heteroatoms. The van der Waals surface area contributed by atoms with Gasteiger partial charge in [0.1, 0.15) is 0 Å². The fraction of sp³-hybridized carbons (Fsp3) is 0.182. The predicted molar refractivity (Wildman–Crippen MR) is 67.5 cm³/mol. The molecule has 0 unspecified atom stereocenters. The molecule has 1 rings (SSSR count). The first kappa shape index (κ1) is 13.1. The van der Waals surface area contributed by atoms with Crippen LogP contribution in [0.5, 0.6) is 0 Å². The lowest BCUT2D eigenvalue weighted by molar-refractivity contribution is -0.384. The highest BCUT2D eigenvalue weighted by molar-refractivity contribution is 8.13. The fourth-order valence-electron chi connectivity index (χ4n) is 1.05. The van der Waals surface area contributed by atoms with Crippen molar-refractivity contribution >= 4 is 28.3 Å². The Morgan fingerprint density at radius 3 is 2.82 bits per heavy atom. The van der Waals surface area contributed by atoms with Crippen molar-refractivity contribution in [1.29, 1.82) is 0 Å². The van der Waals surface area contributed by atoms with Gasteiger partial charge in [0.15, 0.2) is 5.12 Å². The average Bonchev–Trinajstić information content (AvgIpc) is 2.25. The Bertz CT molecular complexity index is 517. The number of benzene rings is 1. The van der Waals surface area contributed by atoms with Crippen molar-refractivity contribution < 1.29 is 9.72 Å². The van der Waals surface area contributed by atoms with Crippen LogP contribution in [-0.4, -0.2) is 15.8 Å². The molecule has 1 aromatic rings. The Morgan fingerprint density at radius 2 is 2.29 bits per heavy atom. The van der Waals surface area contributed by atoms with Crippen molar-refractivity contribution in [2.24, 2.45) is 0 Å². The van der Waals surface area contributed by atoms with Gasteiger partial charge < -0.3 is 5.73 Å². The monoisotopic (exact) mass is 250 g/mol. The molecule has 0 radical (unpaired) electrons. The molecule has 17 heavy (non-hydrogen) atoms. The number of carbonyl (C=O) groups excluding carboxylic acids is 1. The van der Waals surface area contributed by atoms with Crippen LogP contribution in [0.25, 0.3) is 0 Å². The Morgan fingerprint density at radius 1 is 1.59 bits per heavy atom. The minimum atomic E-state index is -0.515. The van der Waals surface area contributed by atoms with Gasteiger partial charge in [0.25, 0.3) is 5.69 Å². The van der Waals surface area contributed by atoms with E-state index in [4.69, 9.17) is 5.73 Å². The number of non-ortho nitro benzene ring substituents is 1. The molecule has 0 fully saturated rings. The summed E-state index contributed by atoms with van der Waals surface area (Å²) in [6.45, 7) is 1.46. The average molecular weight is 250 g/mol. The molecule has 0 bridgehead atoms. The van der Waals surface area contributed by atoms with Crippen LogP contribution in [0, 0.1) is 22.0 Å². The molecule has 0 heterocycles. The number of carbonyl (C=O) groups is 1. The van der Waals surface area contributed by atoms with Gasteiger partial charge in [0.05, 0.1) is 16.4 Å². The molecule has 0 atom stereocenters. The van der Waals surface area contributed by atoms with Gasteiger partial charge >= 0.3 is 0 Å². The molecule has 0 amide bonds. The van der Waals surface area contributed by atoms with Crippen LogP contribution in [0.4, 0.5) is 11.4 Å². The van der Waals surface area contributed by atoms with Crippen LogP contribution in [0.2, 0.25) is 0 Å². The van der Waals surface area contributed by atoms with E-state index in [-0.39, 0.29) is 16.5 Å². The largest absolute Gasteiger partial charge is 0.398 e. The zero-order valence-electron chi connectivity index (χ0n) is 9.10. The number of nitrogens with two attached hydrogens (primary N) is 1. The van der Waals surface area contributed by atoms with Crippen LogP contribution < -0.4 is 5.73 Å². The van der Waals surface area contributed by atoms with E-state index in [9.17, 15) is 14.9 Å². The molecular formula is C11H10N2O3S. The van der Waals surface area contributed by atoms with E-state index in [0.717, 1.165) is 11.8 Å². The number of anilines is 1. The highest BCUT2D eigenvalue weighted by atomic mass is 32.2. The van der Waals surface area contributed by atoms with Gasteiger partial charge in [-0.15, -0.1) is 0 Å². The summed E-state index contributed by atoms with van der Waals surface area (Å²) < 4.78 is 0. The van der Waals surface area contributed by atoms with Crippen LogP contribution >= 0.6 is 11.8 Å². The fourth-order valence-corrected chi connectivity index (χ4v) is 1.39. The smallest absolute Gasteiger partial charge is 0.271 e. The number of nitro benzene ring substituents is 1. The second-order valence-electron chi connectivity index (χ2n) is 3.11. The van der Waals surface area contributed by atoms with E-state index < -0.39 is 4.92 Å². The van der Waals surface area contributed by atoms with Crippen molar-refractivity contribution in [3.05, 3.63) is 33.9 Å². The lowest BCUT2D eigenvalue weighted by Gasteiger charge is -1.97. The van der Waals surface area contributed by atoms with Gasteiger partial charge in [-0.1, -0.05) is 23.6 Å². The Hall–Kier alpha value is -2.00. The van der Waals surface area contributed by atoms with Crippen molar-refractivity contribution in [3.8, 4) is 11.8 Å². The minimum Gasteiger partial charge on any atom is -0.398 e. The molecule has 0 aliphatic carbocycles. The second kappa shape index (κ2) is 5.92. The van der Waals surface area contributed by atoms with Crippen LogP contribution in [0.1, 0.15) is 12.5 Å². The lowest BCUT2D eigenvalue weighted by atomic mass is 10.1.